The van der Waals surface area contributed by atoms with E-state index in [1.165, 1.54) is 6.33 Å². The predicted octanol–water partition coefficient (Wildman–Crippen LogP) is 1.20. The lowest BCUT2D eigenvalue weighted by Gasteiger charge is -2.00. The molecule has 2 heterocycles. The molecule has 0 fully saturated rings. The molecule has 0 aliphatic carbocycles. The molecule has 90 valence electrons. The number of hydrogen-bond acceptors (Lipinski definition) is 6. The number of nitrogens with two attached hydrogens (primary N) is 1. The van der Waals surface area contributed by atoms with Crippen LogP contribution in [0.25, 0.3) is 11.5 Å². The van der Waals surface area contributed by atoms with E-state index in [0.717, 1.165) is 19.3 Å². The fourth-order valence-electron chi connectivity index (χ4n) is 1.46. The standard InChI is InChI=1S/C11H15N5O/c1-8(12)3-2-4-10-15-11(16-17-10)9-5-6-13-7-14-9/h5-8H,2-4,12H2,1H3. The second-order valence-electron chi connectivity index (χ2n) is 3.98. The van der Waals surface area contributed by atoms with E-state index >= 15 is 0 Å². The Labute approximate surface area is 99.3 Å². The van der Waals surface area contributed by atoms with Gasteiger partial charge in [0.2, 0.25) is 11.7 Å². The van der Waals surface area contributed by atoms with Crippen LogP contribution in [0.15, 0.2) is 23.1 Å². The molecule has 0 radical (unpaired) electrons. The van der Waals surface area contributed by atoms with Crippen LogP contribution in [0.5, 0.6) is 0 Å². The first-order chi connectivity index (χ1) is 8.25. The number of aryl methyl sites for hydroxylation is 1. The summed E-state index contributed by atoms with van der Waals surface area (Å²) in [5.74, 6) is 1.13. The molecule has 0 aliphatic heterocycles. The first-order valence-electron chi connectivity index (χ1n) is 5.60. The van der Waals surface area contributed by atoms with Crippen molar-refractivity contribution in [3.8, 4) is 11.5 Å². The topological polar surface area (TPSA) is 90.7 Å². The molecule has 0 aliphatic rings. The van der Waals surface area contributed by atoms with Gasteiger partial charge in [-0.25, -0.2) is 9.97 Å². The van der Waals surface area contributed by atoms with Gasteiger partial charge < -0.3 is 10.3 Å². The largest absolute Gasteiger partial charge is 0.339 e. The lowest BCUT2D eigenvalue weighted by atomic mass is 10.1. The number of rotatable bonds is 5. The van der Waals surface area contributed by atoms with E-state index in [0.29, 0.717) is 17.4 Å². The molecule has 1 atom stereocenters. The first-order valence-corrected chi connectivity index (χ1v) is 5.60. The van der Waals surface area contributed by atoms with Crippen molar-refractivity contribution in [2.45, 2.75) is 32.2 Å². The Kier molecular flexibility index (Phi) is 3.77. The minimum absolute atomic E-state index is 0.208. The third-order valence-corrected chi connectivity index (χ3v) is 2.33. The molecular formula is C11H15N5O. The molecule has 0 bridgehead atoms. The normalized spacial score (nSPS) is 12.6. The van der Waals surface area contributed by atoms with Crippen LogP contribution in [0.4, 0.5) is 0 Å². The monoisotopic (exact) mass is 233 g/mol. The summed E-state index contributed by atoms with van der Waals surface area (Å²) in [6.45, 7) is 1.99. The van der Waals surface area contributed by atoms with Gasteiger partial charge in [0.15, 0.2) is 0 Å². The van der Waals surface area contributed by atoms with Crippen LogP contribution in [0.2, 0.25) is 0 Å². The van der Waals surface area contributed by atoms with Crippen molar-refractivity contribution in [1.82, 2.24) is 20.1 Å². The second kappa shape index (κ2) is 5.49. The van der Waals surface area contributed by atoms with Crippen LogP contribution in [-0.2, 0) is 6.42 Å². The minimum Gasteiger partial charge on any atom is -0.339 e. The molecule has 0 aromatic carbocycles. The van der Waals surface area contributed by atoms with Gasteiger partial charge in [-0.15, -0.1) is 0 Å². The Morgan fingerprint density at radius 3 is 3.06 bits per heavy atom. The van der Waals surface area contributed by atoms with Crippen molar-refractivity contribution >= 4 is 0 Å². The Morgan fingerprint density at radius 1 is 1.47 bits per heavy atom. The fourth-order valence-corrected chi connectivity index (χ4v) is 1.46. The Balaban J connectivity index is 1.97. The van der Waals surface area contributed by atoms with Gasteiger partial charge in [-0.05, 0) is 25.8 Å². The van der Waals surface area contributed by atoms with Gasteiger partial charge in [0.05, 0.1) is 0 Å². The third kappa shape index (κ3) is 3.32. The van der Waals surface area contributed by atoms with Gasteiger partial charge in [0.25, 0.3) is 0 Å². The third-order valence-electron chi connectivity index (χ3n) is 2.33. The molecule has 2 rings (SSSR count). The quantitative estimate of drug-likeness (QED) is 0.834. The van der Waals surface area contributed by atoms with Gasteiger partial charge >= 0.3 is 0 Å². The molecular weight excluding hydrogens is 218 g/mol. The highest BCUT2D eigenvalue weighted by Gasteiger charge is 2.09. The van der Waals surface area contributed by atoms with E-state index < -0.39 is 0 Å². The van der Waals surface area contributed by atoms with Gasteiger partial charge in [-0.3, -0.25) is 0 Å². The highest BCUT2D eigenvalue weighted by atomic mass is 16.5. The maximum Gasteiger partial charge on any atom is 0.227 e. The Morgan fingerprint density at radius 2 is 2.35 bits per heavy atom. The molecule has 0 amide bonds. The average molecular weight is 233 g/mol. The second-order valence-corrected chi connectivity index (χ2v) is 3.98. The smallest absolute Gasteiger partial charge is 0.227 e. The first kappa shape index (κ1) is 11.7. The van der Waals surface area contributed by atoms with Crippen LogP contribution in [0, 0.1) is 0 Å². The molecule has 17 heavy (non-hydrogen) atoms. The van der Waals surface area contributed by atoms with Gasteiger partial charge in [0.1, 0.15) is 12.0 Å². The van der Waals surface area contributed by atoms with Crippen LogP contribution < -0.4 is 5.73 Å². The summed E-state index contributed by atoms with van der Waals surface area (Å²) in [5.41, 5.74) is 6.34. The molecule has 2 N–H and O–H groups in total. The van der Waals surface area contributed by atoms with Crippen molar-refractivity contribution in [2.75, 3.05) is 0 Å². The number of nitrogens with zero attached hydrogens (tertiary/aromatic N) is 4. The maximum absolute atomic E-state index is 5.67. The zero-order valence-corrected chi connectivity index (χ0v) is 9.71. The van der Waals surface area contributed by atoms with Gasteiger partial charge in [0, 0.05) is 18.7 Å². The van der Waals surface area contributed by atoms with Crippen molar-refractivity contribution in [3.63, 3.8) is 0 Å². The minimum atomic E-state index is 0.208. The van der Waals surface area contributed by atoms with Gasteiger partial charge in [-0.2, -0.15) is 4.98 Å². The lowest BCUT2D eigenvalue weighted by molar-refractivity contribution is 0.373. The Hall–Kier alpha value is -1.82. The molecule has 0 saturated carbocycles. The zero-order valence-electron chi connectivity index (χ0n) is 9.71. The molecule has 6 nitrogen and oxygen atoms in total. The van der Waals surface area contributed by atoms with Crippen LogP contribution in [-0.4, -0.2) is 26.2 Å². The summed E-state index contributed by atoms with van der Waals surface area (Å²) < 4.78 is 5.14. The Bertz CT molecular complexity index is 454. The van der Waals surface area contributed by atoms with Crippen LogP contribution >= 0.6 is 0 Å². The van der Waals surface area contributed by atoms with E-state index in [4.69, 9.17) is 10.3 Å². The molecule has 1 unspecified atom stereocenters. The van der Waals surface area contributed by atoms with Gasteiger partial charge in [-0.1, -0.05) is 5.16 Å². The van der Waals surface area contributed by atoms with E-state index in [1.807, 2.05) is 6.92 Å². The summed E-state index contributed by atoms with van der Waals surface area (Å²) in [4.78, 5) is 12.2. The molecule has 0 saturated heterocycles. The molecule has 0 spiro atoms. The van der Waals surface area contributed by atoms with Crippen molar-refractivity contribution < 1.29 is 4.52 Å². The van der Waals surface area contributed by atoms with Crippen molar-refractivity contribution in [1.29, 1.82) is 0 Å². The number of hydrogen-bond donors (Lipinski definition) is 1. The summed E-state index contributed by atoms with van der Waals surface area (Å²) >= 11 is 0. The summed E-state index contributed by atoms with van der Waals surface area (Å²) in [7, 11) is 0. The van der Waals surface area contributed by atoms with Crippen molar-refractivity contribution in [3.05, 3.63) is 24.5 Å². The lowest BCUT2D eigenvalue weighted by Crippen LogP contribution is -2.14. The van der Waals surface area contributed by atoms with E-state index in [1.54, 1.807) is 12.3 Å². The highest BCUT2D eigenvalue weighted by molar-refractivity contribution is 5.46. The highest BCUT2D eigenvalue weighted by Crippen LogP contribution is 2.12. The van der Waals surface area contributed by atoms with E-state index in [-0.39, 0.29) is 6.04 Å². The molecule has 6 heteroatoms. The summed E-state index contributed by atoms with van der Waals surface area (Å²) in [6, 6.07) is 1.95. The van der Waals surface area contributed by atoms with E-state index in [2.05, 4.69) is 20.1 Å². The number of aromatic nitrogens is 4. The average Bonchev–Trinajstić information content (AvgIpc) is 2.78. The van der Waals surface area contributed by atoms with Crippen molar-refractivity contribution in [2.24, 2.45) is 5.73 Å². The molecule has 2 aromatic heterocycles. The van der Waals surface area contributed by atoms with Crippen LogP contribution in [0.3, 0.4) is 0 Å². The van der Waals surface area contributed by atoms with Crippen LogP contribution in [0.1, 0.15) is 25.7 Å². The SMILES string of the molecule is CC(N)CCCc1nc(-c2ccncn2)no1. The predicted molar refractivity (Wildman–Crippen MR) is 61.9 cm³/mol. The summed E-state index contributed by atoms with van der Waals surface area (Å²) in [6.07, 6.45) is 5.75. The zero-order chi connectivity index (χ0) is 12.1. The molecule has 2 aromatic rings. The van der Waals surface area contributed by atoms with E-state index in [9.17, 15) is 0 Å². The summed E-state index contributed by atoms with van der Waals surface area (Å²) in [5, 5.41) is 3.88. The fraction of sp³-hybridized carbons (Fsp3) is 0.455. The maximum atomic E-state index is 5.67.